The van der Waals surface area contributed by atoms with Gasteiger partial charge >= 0.3 is 0 Å². The predicted molar refractivity (Wildman–Crippen MR) is 230 cm³/mol. The van der Waals surface area contributed by atoms with Crippen LogP contribution in [0, 0.1) is 0 Å². The molecule has 0 N–H and O–H groups in total. The Hall–Kier alpha value is -7.36. The minimum Gasteiger partial charge on any atom is -0.454 e. The predicted octanol–water partition coefficient (Wildman–Crippen LogP) is 14.6. The summed E-state index contributed by atoms with van der Waals surface area (Å²) in [6, 6.07) is 70.2. The Bertz CT molecular complexity index is 3260. The van der Waals surface area contributed by atoms with Gasteiger partial charge in [0.2, 0.25) is 0 Å². The van der Waals surface area contributed by atoms with Crippen molar-refractivity contribution in [3.8, 4) is 39.1 Å². The van der Waals surface area contributed by atoms with E-state index in [9.17, 15) is 0 Å². The Balaban J connectivity index is 0.997. The minimum absolute atomic E-state index is 0.874. The third kappa shape index (κ3) is 4.44. The standard InChI is InChI=1S/C52H32N2O/c1-2-13-40-39(12-1)44-17-9-11-35-31-38(32-46(40)51(35)44)53(49-21-10-18-45-43-16-5-8-22-50(43)55-52(45)49)36-27-23-33(24-28-36)34-25-29-37(30-26-34)54-47-19-6-3-14-41(47)42-15-4-7-20-48(42)54/h1-32H. The highest BCUT2D eigenvalue weighted by molar-refractivity contribution is 6.17. The number of furan rings is 1. The van der Waals surface area contributed by atoms with Crippen LogP contribution in [0.3, 0.4) is 0 Å². The number of aromatic nitrogens is 1. The van der Waals surface area contributed by atoms with Crippen LogP contribution in [-0.2, 0) is 0 Å². The second kappa shape index (κ2) is 11.6. The van der Waals surface area contributed by atoms with E-state index in [1.54, 1.807) is 0 Å². The van der Waals surface area contributed by atoms with Gasteiger partial charge in [-0.1, -0.05) is 133 Å². The lowest BCUT2D eigenvalue weighted by Gasteiger charge is -2.26. The van der Waals surface area contributed by atoms with Gasteiger partial charge in [-0.05, 0) is 105 Å². The molecule has 0 radical (unpaired) electrons. The lowest BCUT2D eigenvalue weighted by molar-refractivity contribution is 0.669. The number of fused-ring (bicyclic) bond motifs is 9. The van der Waals surface area contributed by atoms with Crippen molar-refractivity contribution in [2.24, 2.45) is 0 Å². The maximum atomic E-state index is 6.66. The maximum Gasteiger partial charge on any atom is 0.159 e. The number of para-hydroxylation sites is 4. The topological polar surface area (TPSA) is 21.3 Å². The van der Waals surface area contributed by atoms with Crippen LogP contribution < -0.4 is 4.90 Å². The molecule has 0 aliphatic heterocycles. The highest BCUT2D eigenvalue weighted by atomic mass is 16.3. The van der Waals surface area contributed by atoms with Crippen molar-refractivity contribution < 1.29 is 4.42 Å². The number of nitrogens with zero attached hydrogens (tertiary/aromatic N) is 2. The number of hydrogen-bond donors (Lipinski definition) is 0. The molecule has 1 aliphatic carbocycles. The van der Waals surface area contributed by atoms with Gasteiger partial charge in [0.1, 0.15) is 5.58 Å². The van der Waals surface area contributed by atoms with Crippen LogP contribution in [0.15, 0.2) is 199 Å². The fourth-order valence-corrected chi connectivity index (χ4v) is 9.07. The van der Waals surface area contributed by atoms with E-state index in [1.807, 2.05) is 6.07 Å². The second-order valence-corrected chi connectivity index (χ2v) is 14.5. The van der Waals surface area contributed by atoms with Gasteiger partial charge in [0.25, 0.3) is 0 Å². The number of hydrogen-bond acceptors (Lipinski definition) is 2. The highest BCUT2D eigenvalue weighted by Crippen LogP contribution is 2.51. The Morgan fingerprint density at radius 2 is 0.982 bits per heavy atom. The average Bonchev–Trinajstić information content (AvgIpc) is 3.91. The van der Waals surface area contributed by atoms with Crippen LogP contribution in [0.4, 0.5) is 17.1 Å². The quantitative estimate of drug-likeness (QED) is 0.178. The van der Waals surface area contributed by atoms with E-state index < -0.39 is 0 Å². The molecule has 0 bridgehead atoms. The fraction of sp³-hybridized carbons (Fsp3) is 0. The summed E-state index contributed by atoms with van der Waals surface area (Å²) < 4.78 is 9.03. The fourth-order valence-electron chi connectivity index (χ4n) is 9.07. The average molecular weight is 701 g/mol. The molecule has 11 aromatic rings. The van der Waals surface area contributed by atoms with Gasteiger partial charge in [-0.3, -0.25) is 0 Å². The largest absolute Gasteiger partial charge is 0.454 e. The SMILES string of the molecule is c1ccc2c(c1)-c1cccc3cc(N(c4ccc(-c5ccc(-n6c7ccccc7c7ccccc76)cc5)cc4)c4cccc5c4oc4ccccc45)cc-2c13. The van der Waals surface area contributed by atoms with Gasteiger partial charge in [-0.2, -0.15) is 0 Å². The van der Waals surface area contributed by atoms with E-state index in [2.05, 4.69) is 198 Å². The van der Waals surface area contributed by atoms with Crippen LogP contribution in [0.2, 0.25) is 0 Å². The summed E-state index contributed by atoms with van der Waals surface area (Å²) in [6.07, 6.45) is 0. The van der Waals surface area contributed by atoms with E-state index in [4.69, 9.17) is 4.42 Å². The van der Waals surface area contributed by atoms with Crippen molar-refractivity contribution in [1.29, 1.82) is 0 Å². The summed E-state index contributed by atoms with van der Waals surface area (Å²) >= 11 is 0. The Morgan fingerprint density at radius 3 is 1.73 bits per heavy atom. The first-order valence-corrected chi connectivity index (χ1v) is 18.8. The molecule has 3 nitrogen and oxygen atoms in total. The zero-order chi connectivity index (χ0) is 36.0. The molecule has 0 spiro atoms. The third-order valence-corrected chi connectivity index (χ3v) is 11.5. The van der Waals surface area contributed by atoms with Gasteiger partial charge < -0.3 is 13.9 Å². The normalized spacial score (nSPS) is 12.0. The van der Waals surface area contributed by atoms with Gasteiger partial charge in [0.15, 0.2) is 5.58 Å². The summed E-state index contributed by atoms with van der Waals surface area (Å²) in [6.45, 7) is 0. The molecule has 0 saturated heterocycles. The lowest BCUT2D eigenvalue weighted by Crippen LogP contribution is -2.10. The monoisotopic (exact) mass is 700 g/mol. The van der Waals surface area contributed by atoms with Crippen molar-refractivity contribution in [3.63, 3.8) is 0 Å². The van der Waals surface area contributed by atoms with Crippen molar-refractivity contribution in [2.75, 3.05) is 4.90 Å². The van der Waals surface area contributed by atoms with Crippen molar-refractivity contribution in [3.05, 3.63) is 194 Å². The molecule has 256 valence electrons. The van der Waals surface area contributed by atoms with Crippen LogP contribution >= 0.6 is 0 Å². The van der Waals surface area contributed by atoms with Gasteiger partial charge in [-0.15, -0.1) is 0 Å². The molecule has 12 rings (SSSR count). The molecule has 2 aromatic heterocycles. The molecule has 0 fully saturated rings. The first kappa shape index (κ1) is 30.1. The van der Waals surface area contributed by atoms with Crippen LogP contribution in [0.1, 0.15) is 0 Å². The maximum absolute atomic E-state index is 6.66. The molecular weight excluding hydrogens is 669 g/mol. The van der Waals surface area contributed by atoms with Crippen molar-refractivity contribution in [1.82, 2.24) is 4.57 Å². The molecule has 0 saturated carbocycles. The van der Waals surface area contributed by atoms with Gasteiger partial charge in [0, 0.05) is 38.6 Å². The molecular formula is C52H32N2O. The third-order valence-electron chi connectivity index (χ3n) is 11.5. The molecule has 0 amide bonds. The Kier molecular flexibility index (Phi) is 6.34. The molecule has 2 heterocycles. The van der Waals surface area contributed by atoms with Gasteiger partial charge in [0.05, 0.1) is 16.7 Å². The van der Waals surface area contributed by atoms with Crippen molar-refractivity contribution in [2.45, 2.75) is 0 Å². The number of rotatable bonds is 5. The summed E-state index contributed by atoms with van der Waals surface area (Å²) in [5.41, 5.74) is 16.0. The summed E-state index contributed by atoms with van der Waals surface area (Å²) in [4.78, 5) is 2.36. The van der Waals surface area contributed by atoms with Crippen LogP contribution in [0.5, 0.6) is 0 Å². The Morgan fingerprint density at radius 1 is 0.400 bits per heavy atom. The summed E-state index contributed by atoms with van der Waals surface area (Å²) in [7, 11) is 0. The molecule has 3 heteroatoms. The number of benzene rings is 9. The van der Waals surface area contributed by atoms with E-state index in [1.165, 1.54) is 60.4 Å². The molecule has 0 atom stereocenters. The molecule has 55 heavy (non-hydrogen) atoms. The van der Waals surface area contributed by atoms with E-state index in [0.717, 1.165) is 50.3 Å². The minimum atomic E-state index is 0.874. The van der Waals surface area contributed by atoms with Gasteiger partial charge in [-0.25, -0.2) is 0 Å². The first-order chi connectivity index (χ1) is 27.3. The highest BCUT2D eigenvalue weighted by Gasteiger charge is 2.25. The number of anilines is 3. The Labute approximate surface area is 317 Å². The van der Waals surface area contributed by atoms with E-state index >= 15 is 0 Å². The summed E-state index contributed by atoms with van der Waals surface area (Å²) in [5, 5.41) is 7.30. The first-order valence-electron chi connectivity index (χ1n) is 18.8. The zero-order valence-corrected chi connectivity index (χ0v) is 29.8. The van der Waals surface area contributed by atoms with Crippen LogP contribution in [-0.4, -0.2) is 4.57 Å². The van der Waals surface area contributed by atoms with E-state index in [-0.39, 0.29) is 0 Å². The van der Waals surface area contributed by atoms with Crippen LogP contribution in [0.25, 0.3) is 93.6 Å². The van der Waals surface area contributed by atoms with E-state index in [0.29, 0.717) is 0 Å². The molecule has 9 aromatic carbocycles. The second-order valence-electron chi connectivity index (χ2n) is 14.5. The van der Waals surface area contributed by atoms with Crippen molar-refractivity contribution >= 4 is 71.6 Å². The zero-order valence-electron chi connectivity index (χ0n) is 29.8. The smallest absolute Gasteiger partial charge is 0.159 e. The molecule has 0 unspecified atom stereocenters. The molecule has 1 aliphatic rings. The lowest BCUT2D eigenvalue weighted by atomic mass is 10.0. The summed E-state index contributed by atoms with van der Waals surface area (Å²) in [5.74, 6) is 0.